The van der Waals surface area contributed by atoms with Gasteiger partial charge in [-0.2, -0.15) is 0 Å². The molecule has 2 N–H and O–H groups in total. The Morgan fingerprint density at radius 2 is 1.84 bits per heavy atom. The van der Waals surface area contributed by atoms with Gasteiger partial charge in [0.1, 0.15) is 24.7 Å². The lowest BCUT2D eigenvalue weighted by atomic mass is 9.95. The number of hydrogen-bond acceptors (Lipinski definition) is 7. The number of nitrogens with zero attached hydrogens (tertiary/aromatic N) is 2. The van der Waals surface area contributed by atoms with Gasteiger partial charge >= 0.3 is 0 Å². The Morgan fingerprint density at radius 3 is 2.55 bits per heavy atom. The average Bonchev–Trinajstić information content (AvgIpc) is 3.01. The summed E-state index contributed by atoms with van der Waals surface area (Å²) in [7, 11) is 3.74. The van der Waals surface area contributed by atoms with E-state index in [0.29, 0.717) is 42.4 Å². The fraction of sp³-hybridized carbons (Fsp3) is 0.304. The van der Waals surface area contributed by atoms with Gasteiger partial charge in [-0.25, -0.2) is 0 Å². The van der Waals surface area contributed by atoms with E-state index in [4.69, 9.17) is 9.47 Å². The van der Waals surface area contributed by atoms with Gasteiger partial charge in [0, 0.05) is 18.7 Å². The zero-order valence-corrected chi connectivity index (χ0v) is 17.4. The summed E-state index contributed by atoms with van der Waals surface area (Å²) in [5.41, 5.74) is 0.864. The van der Waals surface area contributed by atoms with Crippen LogP contribution in [-0.4, -0.2) is 72.1 Å². The van der Waals surface area contributed by atoms with Crippen molar-refractivity contribution in [1.82, 2.24) is 9.80 Å². The second-order valence-electron chi connectivity index (χ2n) is 7.75. The van der Waals surface area contributed by atoms with Crippen LogP contribution in [0.25, 0.3) is 5.76 Å². The highest BCUT2D eigenvalue weighted by Crippen LogP contribution is 2.41. The molecular weight excluding hydrogens is 400 g/mol. The minimum atomic E-state index is -0.819. The Morgan fingerprint density at radius 1 is 1.10 bits per heavy atom. The maximum absolute atomic E-state index is 13.0. The number of rotatable bonds is 5. The van der Waals surface area contributed by atoms with Crippen LogP contribution < -0.4 is 9.47 Å². The highest BCUT2D eigenvalue weighted by atomic mass is 16.6. The first kappa shape index (κ1) is 20.7. The fourth-order valence-corrected chi connectivity index (χ4v) is 3.81. The topological polar surface area (TPSA) is 99.5 Å². The van der Waals surface area contributed by atoms with E-state index in [0.717, 1.165) is 0 Å². The number of ether oxygens (including phenoxy) is 2. The highest BCUT2D eigenvalue weighted by molar-refractivity contribution is 6.46. The molecule has 1 saturated heterocycles. The number of benzene rings is 2. The van der Waals surface area contributed by atoms with Crippen LogP contribution in [0.5, 0.6) is 17.2 Å². The van der Waals surface area contributed by atoms with Crippen LogP contribution in [0.1, 0.15) is 17.2 Å². The van der Waals surface area contributed by atoms with Crippen LogP contribution in [-0.2, 0) is 9.59 Å². The van der Waals surface area contributed by atoms with Gasteiger partial charge in [0.15, 0.2) is 11.5 Å². The molecule has 31 heavy (non-hydrogen) atoms. The van der Waals surface area contributed by atoms with E-state index in [-0.39, 0.29) is 23.6 Å². The van der Waals surface area contributed by atoms with E-state index >= 15 is 0 Å². The van der Waals surface area contributed by atoms with Gasteiger partial charge < -0.3 is 29.5 Å². The molecule has 1 amide bonds. The van der Waals surface area contributed by atoms with Gasteiger partial charge in [0.2, 0.25) is 0 Å². The Kier molecular flexibility index (Phi) is 5.56. The van der Waals surface area contributed by atoms with Gasteiger partial charge in [-0.3, -0.25) is 9.59 Å². The predicted molar refractivity (Wildman–Crippen MR) is 113 cm³/mol. The molecule has 1 atom stereocenters. The lowest BCUT2D eigenvalue weighted by Gasteiger charge is -2.26. The van der Waals surface area contributed by atoms with E-state index in [1.54, 1.807) is 30.3 Å². The van der Waals surface area contributed by atoms with Crippen molar-refractivity contribution in [2.45, 2.75) is 6.04 Å². The molecule has 2 aromatic carbocycles. The quantitative estimate of drug-likeness (QED) is 0.431. The van der Waals surface area contributed by atoms with Gasteiger partial charge in [-0.1, -0.05) is 12.1 Å². The van der Waals surface area contributed by atoms with E-state index in [9.17, 15) is 19.8 Å². The third-order valence-electron chi connectivity index (χ3n) is 5.33. The number of carbonyl (C=O) groups excluding carboxylic acids is 2. The zero-order valence-electron chi connectivity index (χ0n) is 17.4. The molecule has 0 aromatic heterocycles. The number of aliphatic hydroxyl groups is 1. The predicted octanol–water partition coefficient (Wildman–Crippen LogP) is 2.15. The van der Waals surface area contributed by atoms with Crippen molar-refractivity contribution in [1.29, 1.82) is 0 Å². The van der Waals surface area contributed by atoms with Crippen LogP contribution in [0, 0.1) is 0 Å². The van der Waals surface area contributed by atoms with Crippen molar-refractivity contribution in [3.63, 3.8) is 0 Å². The summed E-state index contributed by atoms with van der Waals surface area (Å²) in [6, 6.07) is 10.4. The molecule has 0 radical (unpaired) electrons. The minimum Gasteiger partial charge on any atom is -0.508 e. The number of ketones is 1. The maximum atomic E-state index is 13.0. The minimum absolute atomic E-state index is 0.00928. The van der Waals surface area contributed by atoms with E-state index in [2.05, 4.69) is 0 Å². The van der Waals surface area contributed by atoms with E-state index < -0.39 is 17.7 Å². The molecule has 2 aliphatic rings. The van der Waals surface area contributed by atoms with Crippen molar-refractivity contribution < 1.29 is 29.3 Å². The van der Waals surface area contributed by atoms with Crippen LogP contribution in [0.2, 0.25) is 0 Å². The first-order valence-electron chi connectivity index (χ1n) is 9.99. The fourth-order valence-electron chi connectivity index (χ4n) is 3.81. The Balaban J connectivity index is 1.83. The van der Waals surface area contributed by atoms with Crippen molar-refractivity contribution in [3.05, 3.63) is 59.2 Å². The molecule has 8 nitrogen and oxygen atoms in total. The third-order valence-corrected chi connectivity index (χ3v) is 5.33. The zero-order chi connectivity index (χ0) is 22.1. The lowest BCUT2D eigenvalue weighted by Crippen LogP contribution is -2.35. The smallest absolute Gasteiger partial charge is 0.295 e. The van der Waals surface area contributed by atoms with Crippen molar-refractivity contribution in [2.24, 2.45) is 0 Å². The van der Waals surface area contributed by atoms with Gasteiger partial charge in [0.05, 0.1) is 11.6 Å². The number of fused-ring (bicyclic) bond motifs is 1. The molecule has 0 aliphatic carbocycles. The van der Waals surface area contributed by atoms with Gasteiger partial charge in [0.25, 0.3) is 11.7 Å². The molecule has 4 rings (SSSR count). The first-order chi connectivity index (χ1) is 14.9. The molecule has 2 aromatic rings. The number of likely N-dealkylation sites (N-methyl/N-ethyl adjacent to an activating group) is 1. The summed E-state index contributed by atoms with van der Waals surface area (Å²) < 4.78 is 11.1. The maximum Gasteiger partial charge on any atom is 0.295 e. The molecule has 0 spiro atoms. The number of phenolic OH excluding ortho intramolecular Hbond substituents is 1. The third kappa shape index (κ3) is 3.94. The van der Waals surface area contributed by atoms with Crippen LogP contribution in [0.3, 0.4) is 0 Å². The molecule has 2 aliphatic heterocycles. The summed E-state index contributed by atoms with van der Waals surface area (Å²) in [6.07, 6.45) is 0. The molecule has 0 saturated carbocycles. The van der Waals surface area contributed by atoms with Crippen LogP contribution >= 0.6 is 0 Å². The highest BCUT2D eigenvalue weighted by Gasteiger charge is 2.46. The largest absolute Gasteiger partial charge is 0.508 e. The number of aliphatic hydroxyl groups excluding tert-OH is 1. The van der Waals surface area contributed by atoms with Crippen molar-refractivity contribution in [3.8, 4) is 17.2 Å². The van der Waals surface area contributed by atoms with Gasteiger partial charge in [-0.05, 0) is 50.0 Å². The van der Waals surface area contributed by atoms with Crippen LogP contribution in [0.4, 0.5) is 0 Å². The second-order valence-corrected chi connectivity index (χ2v) is 7.75. The number of phenols is 1. The van der Waals surface area contributed by atoms with Gasteiger partial charge in [-0.15, -0.1) is 0 Å². The van der Waals surface area contributed by atoms with Crippen molar-refractivity contribution in [2.75, 3.05) is 40.4 Å². The van der Waals surface area contributed by atoms with E-state index in [1.165, 1.54) is 17.0 Å². The molecular formula is C23H24N2O6. The summed E-state index contributed by atoms with van der Waals surface area (Å²) >= 11 is 0. The number of carbonyl (C=O) groups is 2. The summed E-state index contributed by atoms with van der Waals surface area (Å²) in [6.45, 7) is 1.64. The number of amides is 1. The Bertz CT molecular complexity index is 1060. The number of likely N-dealkylation sites (tertiary alicyclic amines) is 1. The molecule has 2 heterocycles. The number of Topliss-reactive ketones (excluding diaryl/α,β-unsaturated/α-hetero) is 1. The first-order valence-corrected chi connectivity index (χ1v) is 9.99. The summed E-state index contributed by atoms with van der Waals surface area (Å²) in [4.78, 5) is 29.2. The SMILES string of the molecule is CN(C)CCN1C(=O)C(=O)/C(=C(/O)c2ccc3c(c2)OCCO3)[C@H]1c1cccc(O)c1. The molecule has 0 bridgehead atoms. The monoisotopic (exact) mass is 424 g/mol. The normalized spacial score (nSPS) is 19.8. The van der Waals surface area contributed by atoms with Crippen molar-refractivity contribution >= 4 is 17.4 Å². The number of hydrogen-bond donors (Lipinski definition) is 2. The van der Waals surface area contributed by atoms with E-state index in [1.807, 2.05) is 19.0 Å². The average molecular weight is 424 g/mol. The number of aromatic hydroxyl groups is 1. The standard InChI is InChI=1S/C23H24N2O6/c1-24(2)8-9-25-20(14-4-3-5-16(26)12-14)19(22(28)23(25)29)21(27)15-6-7-17-18(13-15)31-11-10-30-17/h3-7,12-13,20,26-27H,8-11H2,1-2H3/b21-19+/t20-/m1/s1. The summed E-state index contributed by atoms with van der Waals surface area (Å²) in [5, 5.41) is 21.1. The van der Waals surface area contributed by atoms with Crippen LogP contribution in [0.15, 0.2) is 48.0 Å². The Labute approximate surface area is 179 Å². The lowest BCUT2D eigenvalue weighted by molar-refractivity contribution is -0.140. The second kappa shape index (κ2) is 8.31. The molecule has 0 unspecified atom stereocenters. The molecule has 162 valence electrons. The summed E-state index contributed by atoms with van der Waals surface area (Å²) in [5.74, 6) is -0.718. The molecule has 8 heteroatoms. The Hall–Kier alpha value is -3.52. The molecule has 1 fully saturated rings.